The lowest BCUT2D eigenvalue weighted by Gasteiger charge is -2.14. The molecule has 0 aromatic heterocycles. The summed E-state index contributed by atoms with van der Waals surface area (Å²) in [5, 5.41) is 10.7. The van der Waals surface area contributed by atoms with Gasteiger partial charge in [0.2, 0.25) is 0 Å². The molecule has 0 saturated heterocycles. The van der Waals surface area contributed by atoms with E-state index < -0.39 is 7.82 Å². The lowest BCUT2D eigenvalue weighted by molar-refractivity contribution is 0.133. The largest absolute Gasteiger partial charge is 0.507 e. The molecule has 2 aromatic carbocycles. The van der Waals surface area contributed by atoms with Crippen LogP contribution in [0.25, 0.3) is 0 Å². The van der Waals surface area contributed by atoms with Crippen LogP contribution in [-0.2, 0) is 26.6 Å². The maximum absolute atomic E-state index is 11.2. The summed E-state index contributed by atoms with van der Waals surface area (Å²) in [7, 11) is -4.15. The molecule has 9 heteroatoms. The molecule has 0 saturated carbocycles. The van der Waals surface area contributed by atoms with E-state index in [0.717, 1.165) is 33.8 Å². The summed E-state index contributed by atoms with van der Waals surface area (Å²) in [6.07, 6.45) is 2.32. The highest BCUT2D eigenvalue weighted by Crippen LogP contribution is 2.41. The summed E-state index contributed by atoms with van der Waals surface area (Å²) >= 11 is 7.89. The maximum Gasteiger partial charge on any atom is 0.488 e. The van der Waals surface area contributed by atoms with Gasteiger partial charge in [0.25, 0.3) is 0 Å². The van der Waals surface area contributed by atoms with E-state index in [2.05, 4.69) is 11.5 Å². The van der Waals surface area contributed by atoms with Crippen LogP contribution in [0.4, 0.5) is 0 Å². The van der Waals surface area contributed by atoms with Crippen molar-refractivity contribution in [1.82, 2.24) is 0 Å². The van der Waals surface area contributed by atoms with Crippen molar-refractivity contribution in [3.63, 3.8) is 0 Å². The summed E-state index contributed by atoms with van der Waals surface area (Å²) in [6.45, 7) is 4.03. The lowest BCUT2D eigenvalue weighted by atomic mass is 10.0. The normalized spacial score (nSPS) is 14.6. The summed E-state index contributed by atoms with van der Waals surface area (Å²) in [5.41, 5.74) is 2.14. The molecule has 2 aromatic rings. The lowest BCUT2D eigenvalue weighted by Crippen LogP contribution is -2.08. The fourth-order valence-electron chi connectivity index (χ4n) is 2.52. The second-order valence-corrected chi connectivity index (χ2v) is 9.45. The van der Waals surface area contributed by atoms with Crippen LogP contribution in [0, 0.1) is 5.92 Å². The highest BCUT2D eigenvalue weighted by Gasteiger charge is 2.20. The first-order chi connectivity index (χ1) is 13.2. The molecular weight excluding hydrogens is 421 g/mol. The van der Waals surface area contributed by atoms with Crippen molar-refractivity contribution in [1.29, 1.82) is 0 Å². The molecule has 0 bridgehead atoms. The van der Waals surface area contributed by atoms with Gasteiger partial charge >= 0.3 is 7.82 Å². The number of phenolic OH excluding ortho intramolecular Hbond substituents is 1. The van der Waals surface area contributed by atoms with Gasteiger partial charge in [0, 0.05) is 9.92 Å². The molecule has 28 heavy (non-hydrogen) atoms. The first kappa shape index (κ1) is 23.2. The van der Waals surface area contributed by atoms with Crippen LogP contribution in [0.1, 0.15) is 31.4 Å². The third-order valence-corrected chi connectivity index (χ3v) is 6.38. The standard InChI is InChI=1S/C19H25ClNO5PS/c1-3-14-5-9-18(22)19(10-14)28-16-8-7-15(17(20)11-16)6-4-13(2)12-25-27(23,24)26-21/h5,7-11,13,22H,3-4,6,12,21H2,1-2H3,(H,23,24). The van der Waals surface area contributed by atoms with E-state index in [1.54, 1.807) is 6.07 Å². The van der Waals surface area contributed by atoms with Gasteiger partial charge < -0.3 is 10.00 Å². The molecule has 0 amide bonds. The summed E-state index contributed by atoms with van der Waals surface area (Å²) in [5.74, 6) is 4.97. The molecule has 0 spiro atoms. The number of hydrogen-bond acceptors (Lipinski definition) is 6. The van der Waals surface area contributed by atoms with Gasteiger partial charge in [-0.15, -0.1) is 0 Å². The molecule has 0 aliphatic rings. The van der Waals surface area contributed by atoms with Gasteiger partial charge in [0.05, 0.1) is 11.5 Å². The number of aryl methyl sites for hydroxylation is 2. The highest BCUT2D eigenvalue weighted by molar-refractivity contribution is 7.99. The smallest absolute Gasteiger partial charge is 0.488 e. The SMILES string of the molecule is CCc1ccc(O)c(Sc2ccc(CCC(C)COP(=O)(O)ON)c(Cl)c2)c1. The van der Waals surface area contributed by atoms with E-state index in [-0.39, 0.29) is 18.3 Å². The Labute approximate surface area is 174 Å². The van der Waals surface area contributed by atoms with E-state index in [9.17, 15) is 9.67 Å². The van der Waals surface area contributed by atoms with Crippen LogP contribution in [0.3, 0.4) is 0 Å². The van der Waals surface area contributed by atoms with Gasteiger partial charge in [0.15, 0.2) is 0 Å². The second-order valence-electron chi connectivity index (χ2n) is 6.52. The van der Waals surface area contributed by atoms with Gasteiger partial charge in [-0.25, -0.2) is 15.1 Å². The Balaban J connectivity index is 1.96. The molecule has 6 nitrogen and oxygen atoms in total. The zero-order valence-electron chi connectivity index (χ0n) is 15.8. The minimum atomic E-state index is -4.15. The molecule has 4 N–H and O–H groups in total. The van der Waals surface area contributed by atoms with E-state index in [4.69, 9.17) is 26.9 Å². The number of aromatic hydroxyl groups is 1. The second kappa shape index (κ2) is 10.6. The average molecular weight is 446 g/mol. The predicted octanol–water partition coefficient (Wildman–Crippen LogP) is 5.34. The number of halogens is 1. The van der Waals surface area contributed by atoms with Crippen LogP contribution in [0.15, 0.2) is 46.2 Å². The van der Waals surface area contributed by atoms with Crippen LogP contribution in [-0.4, -0.2) is 16.6 Å². The number of nitrogens with two attached hydrogens (primary N) is 1. The minimum Gasteiger partial charge on any atom is -0.507 e. The molecule has 2 atom stereocenters. The quantitative estimate of drug-likeness (QED) is 0.335. The first-order valence-electron chi connectivity index (χ1n) is 8.88. The molecule has 0 fully saturated rings. The number of hydrogen-bond donors (Lipinski definition) is 3. The Kier molecular flexibility index (Phi) is 8.83. The van der Waals surface area contributed by atoms with Gasteiger partial charge in [-0.2, -0.15) is 0 Å². The molecule has 2 rings (SSSR count). The Bertz CT molecular complexity index is 851. The summed E-state index contributed by atoms with van der Waals surface area (Å²) in [4.78, 5) is 10.9. The topological polar surface area (TPSA) is 102 Å². The number of benzene rings is 2. The number of phosphoric ester groups is 1. The predicted molar refractivity (Wildman–Crippen MR) is 112 cm³/mol. The third-order valence-electron chi connectivity index (χ3n) is 4.25. The molecule has 0 heterocycles. The number of phosphoric acid groups is 1. The molecule has 0 radical (unpaired) electrons. The van der Waals surface area contributed by atoms with Gasteiger partial charge in [0.1, 0.15) is 5.75 Å². The van der Waals surface area contributed by atoms with Crippen molar-refractivity contribution >= 4 is 31.2 Å². The zero-order valence-corrected chi connectivity index (χ0v) is 18.3. The minimum absolute atomic E-state index is 0.0227. The van der Waals surface area contributed by atoms with Gasteiger partial charge in [-0.1, -0.05) is 49.3 Å². The van der Waals surface area contributed by atoms with E-state index in [0.29, 0.717) is 11.4 Å². The van der Waals surface area contributed by atoms with E-state index in [1.165, 1.54) is 11.8 Å². The zero-order chi connectivity index (χ0) is 20.7. The highest BCUT2D eigenvalue weighted by atomic mass is 35.5. The van der Waals surface area contributed by atoms with Crippen molar-refractivity contribution in [2.24, 2.45) is 11.8 Å². The Morgan fingerprint density at radius 2 is 2.04 bits per heavy atom. The Morgan fingerprint density at radius 1 is 1.29 bits per heavy atom. The van der Waals surface area contributed by atoms with Crippen molar-refractivity contribution in [3.8, 4) is 5.75 Å². The fraction of sp³-hybridized carbons (Fsp3) is 0.368. The molecule has 0 aliphatic heterocycles. The van der Waals surface area contributed by atoms with Crippen molar-refractivity contribution in [2.75, 3.05) is 6.61 Å². The molecule has 0 aliphatic carbocycles. The Morgan fingerprint density at radius 3 is 2.68 bits per heavy atom. The third kappa shape index (κ3) is 7.08. The maximum atomic E-state index is 11.2. The first-order valence-corrected chi connectivity index (χ1v) is 11.6. The Hall–Kier alpha value is -1.05. The van der Waals surface area contributed by atoms with Crippen LogP contribution in [0.5, 0.6) is 5.75 Å². The van der Waals surface area contributed by atoms with Gasteiger partial charge in [-0.3, -0.25) is 4.52 Å². The summed E-state index contributed by atoms with van der Waals surface area (Å²) < 4.78 is 19.9. The molecule has 2 unspecified atom stereocenters. The van der Waals surface area contributed by atoms with Crippen molar-refractivity contribution in [2.45, 2.75) is 42.9 Å². The average Bonchev–Trinajstić information content (AvgIpc) is 2.67. The van der Waals surface area contributed by atoms with E-state index >= 15 is 0 Å². The van der Waals surface area contributed by atoms with Crippen LogP contribution >= 0.6 is 31.2 Å². The van der Waals surface area contributed by atoms with Crippen LogP contribution in [0.2, 0.25) is 5.02 Å². The number of rotatable bonds is 10. The van der Waals surface area contributed by atoms with Gasteiger partial charge in [-0.05, 0) is 60.6 Å². The molecule has 154 valence electrons. The van der Waals surface area contributed by atoms with Crippen molar-refractivity contribution in [3.05, 3.63) is 52.5 Å². The fourth-order valence-corrected chi connectivity index (χ4v) is 4.31. The summed E-state index contributed by atoms with van der Waals surface area (Å²) in [6, 6.07) is 11.4. The van der Waals surface area contributed by atoms with E-state index in [1.807, 2.05) is 37.3 Å². The monoisotopic (exact) mass is 445 g/mol. The molecular formula is C19H25ClNO5PS. The van der Waals surface area contributed by atoms with Crippen LogP contribution < -0.4 is 5.90 Å². The number of phenols is 1. The van der Waals surface area contributed by atoms with Crippen molar-refractivity contribution < 1.29 is 23.7 Å².